The molecule has 0 amide bonds. The van der Waals surface area contributed by atoms with Crippen LogP contribution < -0.4 is 5.90 Å². The lowest BCUT2D eigenvalue weighted by atomic mass is 9.95. The number of esters is 3. The summed E-state index contributed by atoms with van der Waals surface area (Å²) in [5.74, 6) is 2.74. The number of carbonyl (C=O) groups is 3. The van der Waals surface area contributed by atoms with E-state index in [1.165, 1.54) is 0 Å². The third-order valence-electron chi connectivity index (χ3n) is 2.34. The zero-order valence-corrected chi connectivity index (χ0v) is 12.0. The van der Waals surface area contributed by atoms with Gasteiger partial charge in [0.2, 0.25) is 5.60 Å². The minimum Gasteiger partial charge on any atom is -0.466 e. The number of carbonyl (C=O) groups excluding carboxylic acids is 3. The molecule has 0 fully saturated rings. The van der Waals surface area contributed by atoms with Crippen LogP contribution in [0, 0.1) is 0 Å². The summed E-state index contributed by atoms with van der Waals surface area (Å²) in [7, 11) is 0. The van der Waals surface area contributed by atoms with Crippen molar-refractivity contribution in [2.45, 2.75) is 39.2 Å². The second-order valence-electron chi connectivity index (χ2n) is 3.80. The SMILES string of the molecule is CCOC(=O)CC(CC(=O)OCC)(ON)C(=O)OCC. The van der Waals surface area contributed by atoms with Crippen LogP contribution in [0.15, 0.2) is 0 Å². The summed E-state index contributed by atoms with van der Waals surface area (Å²) in [4.78, 5) is 39.6. The normalized spacial score (nSPS) is 10.8. The number of nitrogens with two attached hydrogens (primary N) is 1. The van der Waals surface area contributed by atoms with Gasteiger partial charge in [-0.15, -0.1) is 0 Å². The summed E-state index contributed by atoms with van der Waals surface area (Å²) < 4.78 is 14.3. The predicted molar refractivity (Wildman–Crippen MR) is 67.1 cm³/mol. The third kappa shape index (κ3) is 5.54. The van der Waals surface area contributed by atoms with Gasteiger partial charge in [0, 0.05) is 0 Å². The van der Waals surface area contributed by atoms with Crippen LogP contribution in [0.3, 0.4) is 0 Å². The lowest BCUT2D eigenvalue weighted by Crippen LogP contribution is -2.49. The van der Waals surface area contributed by atoms with Gasteiger partial charge in [-0.1, -0.05) is 0 Å². The van der Waals surface area contributed by atoms with Crippen molar-refractivity contribution < 1.29 is 33.4 Å². The lowest BCUT2D eigenvalue weighted by molar-refractivity contribution is -0.186. The predicted octanol–water partition coefficient (Wildman–Crippen LogP) is 0.0850. The van der Waals surface area contributed by atoms with Crippen LogP contribution in [0.1, 0.15) is 33.6 Å². The Hall–Kier alpha value is -1.67. The minimum absolute atomic E-state index is 0.0512. The Morgan fingerprint density at radius 2 is 1.25 bits per heavy atom. The van der Waals surface area contributed by atoms with Crippen LogP contribution in [0.2, 0.25) is 0 Å². The summed E-state index contributed by atoms with van der Waals surface area (Å²) in [6, 6.07) is 0. The molecule has 0 saturated carbocycles. The maximum Gasteiger partial charge on any atom is 0.341 e. The van der Waals surface area contributed by atoms with E-state index in [4.69, 9.17) is 20.1 Å². The van der Waals surface area contributed by atoms with Gasteiger partial charge in [-0.05, 0) is 20.8 Å². The molecule has 2 N–H and O–H groups in total. The van der Waals surface area contributed by atoms with E-state index in [1.54, 1.807) is 20.8 Å². The molecule has 0 aromatic heterocycles. The number of rotatable bonds is 9. The van der Waals surface area contributed by atoms with Gasteiger partial charge >= 0.3 is 17.9 Å². The first-order valence-corrected chi connectivity index (χ1v) is 6.32. The second kappa shape index (κ2) is 9.27. The van der Waals surface area contributed by atoms with Gasteiger partial charge < -0.3 is 14.2 Å². The summed E-state index contributed by atoms with van der Waals surface area (Å²) in [6.07, 6.45) is -1.07. The van der Waals surface area contributed by atoms with E-state index < -0.39 is 36.4 Å². The Labute approximate surface area is 117 Å². The van der Waals surface area contributed by atoms with Crippen molar-refractivity contribution in [3.05, 3.63) is 0 Å². The summed E-state index contributed by atoms with van der Waals surface area (Å²) in [6.45, 7) is 5.10. The highest BCUT2D eigenvalue weighted by Crippen LogP contribution is 2.23. The van der Waals surface area contributed by atoms with E-state index in [1.807, 2.05) is 0 Å². The van der Waals surface area contributed by atoms with E-state index in [0.29, 0.717) is 0 Å². The molecule has 0 heterocycles. The molecule has 0 spiro atoms. The van der Waals surface area contributed by atoms with Crippen molar-refractivity contribution in [1.82, 2.24) is 0 Å². The first-order chi connectivity index (χ1) is 9.45. The zero-order valence-electron chi connectivity index (χ0n) is 12.0. The molecule has 0 atom stereocenters. The molecular weight excluding hydrogens is 270 g/mol. The molecule has 0 aliphatic carbocycles. The summed E-state index contributed by atoms with van der Waals surface area (Å²) in [5, 5.41) is 0. The molecule has 20 heavy (non-hydrogen) atoms. The highest BCUT2D eigenvalue weighted by atomic mass is 16.7. The molecule has 0 aromatic carbocycles. The molecule has 0 rings (SSSR count). The van der Waals surface area contributed by atoms with E-state index in [9.17, 15) is 14.4 Å². The standard InChI is InChI=1S/C12H21NO7/c1-4-17-9(14)7-12(20-13,11(16)19-6-3)8-10(15)18-5-2/h4-8,13H2,1-3H3. The van der Waals surface area contributed by atoms with Crippen LogP contribution >= 0.6 is 0 Å². The van der Waals surface area contributed by atoms with E-state index in [2.05, 4.69) is 4.84 Å². The maximum absolute atomic E-state index is 11.9. The van der Waals surface area contributed by atoms with Crippen LogP contribution in [0.4, 0.5) is 0 Å². The minimum atomic E-state index is -1.94. The topological polar surface area (TPSA) is 114 Å². The van der Waals surface area contributed by atoms with Gasteiger partial charge in [0.15, 0.2) is 0 Å². The number of hydrogen-bond acceptors (Lipinski definition) is 8. The fraction of sp³-hybridized carbons (Fsp3) is 0.750. The fourth-order valence-corrected chi connectivity index (χ4v) is 1.49. The lowest BCUT2D eigenvalue weighted by Gasteiger charge is -2.27. The van der Waals surface area contributed by atoms with E-state index in [-0.39, 0.29) is 19.8 Å². The van der Waals surface area contributed by atoms with Crippen LogP contribution in [0.5, 0.6) is 0 Å². The van der Waals surface area contributed by atoms with Crippen LogP contribution in [-0.4, -0.2) is 43.3 Å². The van der Waals surface area contributed by atoms with Crippen molar-refractivity contribution in [1.29, 1.82) is 0 Å². The summed E-state index contributed by atoms with van der Waals surface area (Å²) >= 11 is 0. The average Bonchev–Trinajstić information content (AvgIpc) is 2.38. The first-order valence-electron chi connectivity index (χ1n) is 6.32. The molecule has 0 radical (unpaired) electrons. The van der Waals surface area contributed by atoms with E-state index in [0.717, 1.165) is 0 Å². The van der Waals surface area contributed by atoms with Crippen molar-refractivity contribution >= 4 is 17.9 Å². The first kappa shape index (κ1) is 18.3. The van der Waals surface area contributed by atoms with Crippen LogP contribution in [0.25, 0.3) is 0 Å². The smallest absolute Gasteiger partial charge is 0.341 e. The zero-order chi connectivity index (χ0) is 15.6. The van der Waals surface area contributed by atoms with Gasteiger partial charge in [-0.3, -0.25) is 14.4 Å². The molecule has 0 bridgehead atoms. The van der Waals surface area contributed by atoms with Gasteiger partial charge in [0.25, 0.3) is 0 Å². The Kier molecular flexibility index (Phi) is 8.49. The largest absolute Gasteiger partial charge is 0.466 e. The van der Waals surface area contributed by atoms with E-state index >= 15 is 0 Å². The van der Waals surface area contributed by atoms with Gasteiger partial charge in [0.1, 0.15) is 0 Å². The molecule has 0 aliphatic heterocycles. The van der Waals surface area contributed by atoms with Crippen molar-refractivity contribution in [2.24, 2.45) is 5.90 Å². The summed E-state index contributed by atoms with van der Waals surface area (Å²) in [5.41, 5.74) is -1.94. The number of hydrogen-bond donors (Lipinski definition) is 1. The monoisotopic (exact) mass is 291 g/mol. The quantitative estimate of drug-likeness (QED) is 0.361. The molecule has 0 aromatic rings. The van der Waals surface area contributed by atoms with Crippen LogP contribution in [-0.2, 0) is 33.4 Å². The molecule has 116 valence electrons. The van der Waals surface area contributed by atoms with Crippen molar-refractivity contribution in [2.75, 3.05) is 19.8 Å². The molecular formula is C12H21NO7. The second-order valence-corrected chi connectivity index (χ2v) is 3.80. The Morgan fingerprint density at radius 1 is 0.850 bits per heavy atom. The number of ether oxygens (including phenoxy) is 3. The molecule has 8 nitrogen and oxygen atoms in total. The Balaban J connectivity index is 5.10. The van der Waals surface area contributed by atoms with Crippen molar-refractivity contribution in [3.8, 4) is 0 Å². The van der Waals surface area contributed by atoms with Gasteiger partial charge in [0.05, 0.1) is 32.7 Å². The highest BCUT2D eigenvalue weighted by Gasteiger charge is 2.46. The third-order valence-corrected chi connectivity index (χ3v) is 2.34. The Bertz CT molecular complexity index is 323. The average molecular weight is 291 g/mol. The molecule has 0 aliphatic rings. The maximum atomic E-state index is 11.9. The molecule has 0 unspecified atom stereocenters. The molecule has 8 heteroatoms. The molecule has 0 saturated heterocycles. The van der Waals surface area contributed by atoms with Crippen molar-refractivity contribution in [3.63, 3.8) is 0 Å². The highest BCUT2D eigenvalue weighted by molar-refractivity contribution is 5.90. The Morgan fingerprint density at radius 3 is 1.55 bits per heavy atom. The van der Waals surface area contributed by atoms with Gasteiger partial charge in [-0.2, -0.15) is 0 Å². The fourth-order valence-electron chi connectivity index (χ4n) is 1.49. The van der Waals surface area contributed by atoms with Gasteiger partial charge in [-0.25, -0.2) is 10.7 Å².